The van der Waals surface area contributed by atoms with Crippen LogP contribution in [0.1, 0.15) is 37.9 Å². The number of allylic oxidation sites excluding steroid dienone is 1. The Hall–Kier alpha value is -3.66. The van der Waals surface area contributed by atoms with E-state index in [1.807, 2.05) is 20.8 Å². The van der Waals surface area contributed by atoms with Crippen LogP contribution in [0.2, 0.25) is 0 Å². The van der Waals surface area contributed by atoms with Crippen molar-refractivity contribution < 1.29 is 24.4 Å². The number of hydrogen-bond donors (Lipinski definition) is 1. The molecule has 2 aliphatic rings. The SMILES string of the molecule is CC(C)(C)C1=CN(N2C(=O)C(=O)/C(=C(/O)c3ccc(Br)cc3)C2c2ccc([N+](=O)[O-])cc2)CO1. The maximum absolute atomic E-state index is 13.2. The van der Waals surface area contributed by atoms with Crippen molar-refractivity contribution in [3.8, 4) is 0 Å². The number of ether oxygens (including phenoxy) is 1. The van der Waals surface area contributed by atoms with Gasteiger partial charge in [0.1, 0.15) is 17.6 Å². The highest BCUT2D eigenvalue weighted by Crippen LogP contribution is 2.42. The van der Waals surface area contributed by atoms with Crippen LogP contribution in [0.15, 0.2) is 70.5 Å². The molecule has 1 saturated heterocycles. The van der Waals surface area contributed by atoms with Gasteiger partial charge in [0.25, 0.3) is 11.5 Å². The van der Waals surface area contributed by atoms with Crippen LogP contribution in [0, 0.1) is 15.5 Å². The molecule has 1 unspecified atom stereocenters. The number of nitro benzene ring substituents is 1. The second-order valence-electron chi connectivity index (χ2n) is 8.96. The number of carbonyl (C=O) groups excluding carboxylic acids is 2. The quantitative estimate of drug-likeness (QED) is 0.198. The first-order chi connectivity index (χ1) is 16.0. The highest BCUT2D eigenvalue weighted by Gasteiger charge is 2.49. The summed E-state index contributed by atoms with van der Waals surface area (Å²) in [7, 11) is 0. The van der Waals surface area contributed by atoms with Gasteiger partial charge in [-0.1, -0.05) is 48.8 Å². The Labute approximate surface area is 204 Å². The van der Waals surface area contributed by atoms with Gasteiger partial charge >= 0.3 is 5.91 Å². The molecule has 1 N–H and O–H groups in total. The summed E-state index contributed by atoms with van der Waals surface area (Å²) in [5, 5.41) is 25.0. The molecule has 1 fully saturated rings. The third kappa shape index (κ3) is 4.16. The van der Waals surface area contributed by atoms with Gasteiger partial charge in [-0.3, -0.25) is 19.7 Å². The van der Waals surface area contributed by atoms with E-state index in [0.29, 0.717) is 16.9 Å². The second kappa shape index (κ2) is 8.60. The Bertz CT molecular complexity index is 1230. The molecule has 9 nitrogen and oxygen atoms in total. The van der Waals surface area contributed by atoms with Crippen LogP contribution in [0.4, 0.5) is 5.69 Å². The fourth-order valence-corrected chi connectivity index (χ4v) is 4.08. The van der Waals surface area contributed by atoms with Crippen LogP contribution in [0.5, 0.6) is 0 Å². The molecular weight excluding hydrogens is 506 g/mol. The topological polar surface area (TPSA) is 113 Å². The lowest BCUT2D eigenvalue weighted by molar-refractivity contribution is -0.384. The van der Waals surface area contributed by atoms with Gasteiger partial charge in [-0.15, -0.1) is 0 Å². The van der Waals surface area contributed by atoms with Crippen LogP contribution in [0.25, 0.3) is 5.76 Å². The number of aliphatic hydroxyl groups is 1. The Kier molecular flexibility index (Phi) is 5.94. The first-order valence-electron chi connectivity index (χ1n) is 10.4. The van der Waals surface area contributed by atoms with Crippen molar-refractivity contribution in [1.82, 2.24) is 10.0 Å². The number of Topliss-reactive ketones (excluding diaryl/α,β-unsaturated/α-hetero) is 1. The maximum Gasteiger partial charge on any atom is 0.314 e. The van der Waals surface area contributed by atoms with E-state index in [2.05, 4.69) is 15.9 Å². The van der Waals surface area contributed by atoms with Gasteiger partial charge in [0.2, 0.25) is 0 Å². The number of benzene rings is 2. The highest BCUT2D eigenvalue weighted by atomic mass is 79.9. The molecule has 2 aliphatic heterocycles. The predicted molar refractivity (Wildman–Crippen MR) is 127 cm³/mol. The Morgan fingerprint density at radius 3 is 2.26 bits per heavy atom. The van der Waals surface area contributed by atoms with Crippen molar-refractivity contribution in [2.45, 2.75) is 26.8 Å². The van der Waals surface area contributed by atoms with E-state index in [-0.39, 0.29) is 29.2 Å². The van der Waals surface area contributed by atoms with Gasteiger partial charge in [0, 0.05) is 27.6 Å². The summed E-state index contributed by atoms with van der Waals surface area (Å²) in [4.78, 5) is 37.0. The summed E-state index contributed by atoms with van der Waals surface area (Å²) < 4.78 is 6.55. The largest absolute Gasteiger partial charge is 0.507 e. The summed E-state index contributed by atoms with van der Waals surface area (Å²) in [6.45, 7) is 5.87. The van der Waals surface area contributed by atoms with Gasteiger partial charge in [0.05, 0.1) is 16.7 Å². The lowest BCUT2D eigenvalue weighted by Gasteiger charge is -2.31. The van der Waals surface area contributed by atoms with Gasteiger partial charge < -0.3 is 9.84 Å². The predicted octanol–water partition coefficient (Wildman–Crippen LogP) is 4.87. The zero-order valence-electron chi connectivity index (χ0n) is 18.7. The molecule has 1 amide bonds. The van der Waals surface area contributed by atoms with Crippen LogP contribution in [0.3, 0.4) is 0 Å². The van der Waals surface area contributed by atoms with Crippen LogP contribution in [-0.2, 0) is 14.3 Å². The number of hydrogen-bond acceptors (Lipinski definition) is 7. The molecule has 0 bridgehead atoms. The number of aliphatic hydroxyl groups excluding tert-OH is 1. The normalized spacial score (nSPS) is 19.9. The fraction of sp³-hybridized carbons (Fsp3) is 0.250. The van der Waals surface area contributed by atoms with Crippen molar-refractivity contribution in [1.29, 1.82) is 0 Å². The molecule has 176 valence electrons. The lowest BCUT2D eigenvalue weighted by atomic mass is 9.94. The van der Waals surface area contributed by atoms with Gasteiger partial charge in [-0.05, 0) is 29.8 Å². The first kappa shape index (κ1) is 23.5. The lowest BCUT2D eigenvalue weighted by Crippen LogP contribution is -2.41. The third-order valence-corrected chi connectivity index (χ3v) is 6.12. The number of halogens is 1. The summed E-state index contributed by atoms with van der Waals surface area (Å²) in [5.41, 5.74) is 0.215. The number of nitrogens with zero attached hydrogens (tertiary/aromatic N) is 3. The van der Waals surface area contributed by atoms with E-state index in [1.54, 1.807) is 30.5 Å². The zero-order valence-corrected chi connectivity index (χ0v) is 20.3. The Morgan fingerprint density at radius 1 is 1.12 bits per heavy atom. The van der Waals surface area contributed by atoms with Crippen molar-refractivity contribution in [2.24, 2.45) is 5.41 Å². The molecule has 0 aromatic heterocycles. The number of rotatable bonds is 4. The highest BCUT2D eigenvalue weighted by molar-refractivity contribution is 9.10. The minimum atomic E-state index is -1.01. The third-order valence-electron chi connectivity index (χ3n) is 5.59. The fourth-order valence-electron chi connectivity index (χ4n) is 3.81. The molecule has 2 heterocycles. The maximum atomic E-state index is 13.2. The molecular formula is C24H22BrN3O6. The van der Waals surface area contributed by atoms with E-state index in [1.165, 1.54) is 34.3 Å². The molecule has 0 aliphatic carbocycles. The van der Waals surface area contributed by atoms with E-state index < -0.39 is 22.7 Å². The number of carbonyl (C=O) groups is 2. The van der Waals surface area contributed by atoms with Gasteiger partial charge in [0.15, 0.2) is 6.73 Å². The average molecular weight is 528 g/mol. The molecule has 10 heteroatoms. The molecule has 0 radical (unpaired) electrons. The van der Waals surface area contributed by atoms with Gasteiger partial charge in [-0.25, -0.2) is 10.0 Å². The number of amides is 1. The van der Waals surface area contributed by atoms with Crippen molar-refractivity contribution in [3.05, 3.63) is 91.8 Å². The van der Waals surface area contributed by atoms with Crippen molar-refractivity contribution in [3.63, 3.8) is 0 Å². The molecule has 2 aromatic rings. The minimum absolute atomic E-state index is 0.00142. The standard InChI is InChI=1S/C24H22BrN3O6/c1-24(2,3)18-12-26(13-34-18)27-20(14-6-10-17(11-7-14)28(32)33)19(22(30)23(27)31)21(29)15-4-8-16(25)9-5-15/h4-12,20,29H,13H2,1-3H3/b21-19+. The van der Waals surface area contributed by atoms with E-state index >= 15 is 0 Å². The van der Waals surface area contributed by atoms with E-state index in [9.17, 15) is 24.8 Å². The summed E-state index contributed by atoms with van der Waals surface area (Å²) in [6, 6.07) is 11.2. The summed E-state index contributed by atoms with van der Waals surface area (Å²) >= 11 is 3.33. The molecule has 1 atom stereocenters. The Balaban J connectivity index is 1.87. The molecule has 0 saturated carbocycles. The zero-order chi connectivity index (χ0) is 24.8. The smallest absolute Gasteiger partial charge is 0.314 e. The molecule has 34 heavy (non-hydrogen) atoms. The number of ketones is 1. The average Bonchev–Trinajstić information content (AvgIpc) is 3.37. The van der Waals surface area contributed by atoms with E-state index in [0.717, 1.165) is 4.47 Å². The molecule has 4 rings (SSSR count). The molecule has 2 aromatic carbocycles. The number of hydrazine groups is 1. The van der Waals surface area contributed by atoms with Crippen LogP contribution < -0.4 is 0 Å². The number of non-ortho nitro benzene ring substituents is 1. The monoisotopic (exact) mass is 527 g/mol. The van der Waals surface area contributed by atoms with Crippen molar-refractivity contribution >= 4 is 39.1 Å². The number of nitro groups is 1. The van der Waals surface area contributed by atoms with Crippen LogP contribution >= 0.6 is 15.9 Å². The summed E-state index contributed by atoms with van der Waals surface area (Å²) in [6.07, 6.45) is 1.66. The molecule has 0 spiro atoms. The van der Waals surface area contributed by atoms with Crippen molar-refractivity contribution in [2.75, 3.05) is 6.73 Å². The Morgan fingerprint density at radius 2 is 1.74 bits per heavy atom. The van der Waals surface area contributed by atoms with E-state index in [4.69, 9.17) is 4.74 Å². The van der Waals surface area contributed by atoms with Gasteiger partial charge in [-0.2, -0.15) is 0 Å². The second-order valence-corrected chi connectivity index (χ2v) is 9.87. The summed E-state index contributed by atoms with van der Waals surface area (Å²) in [5.74, 6) is -1.40. The first-order valence-corrected chi connectivity index (χ1v) is 11.2. The minimum Gasteiger partial charge on any atom is -0.507 e. The van der Waals surface area contributed by atoms with Crippen LogP contribution in [-0.4, -0.2) is 38.5 Å².